The third-order valence-corrected chi connectivity index (χ3v) is 2.35. The lowest BCUT2D eigenvalue weighted by Gasteiger charge is -2.07. The number of methoxy groups -OCH3 is 1. The number of ether oxygens (including phenoxy) is 2. The maximum Gasteiger partial charge on any atom is 0.326 e. The second kappa shape index (κ2) is 6.64. The van der Waals surface area contributed by atoms with E-state index in [0.29, 0.717) is 0 Å². The van der Waals surface area contributed by atoms with Gasteiger partial charge >= 0.3 is 5.97 Å². The van der Waals surface area contributed by atoms with Gasteiger partial charge in [0, 0.05) is 18.7 Å². The number of nitrogens with zero attached hydrogens (tertiary/aromatic N) is 2. The van der Waals surface area contributed by atoms with Gasteiger partial charge in [0.1, 0.15) is 13.2 Å². The van der Waals surface area contributed by atoms with E-state index >= 15 is 0 Å². The topological polar surface area (TPSA) is 101 Å². The van der Waals surface area contributed by atoms with Crippen molar-refractivity contribution in [3.8, 4) is 0 Å². The molecule has 1 heterocycles. The second-order valence-electron chi connectivity index (χ2n) is 3.78. The van der Waals surface area contributed by atoms with E-state index in [1.165, 1.54) is 14.0 Å². The SMILES string of the molecule is COCCOC(=O)Cn1cc([N+](=O)[O-])c(C)cc1=O. The lowest BCUT2D eigenvalue weighted by atomic mass is 10.2. The minimum atomic E-state index is -0.655. The Kier molecular flexibility index (Phi) is 5.19. The maximum atomic E-state index is 11.6. The van der Waals surface area contributed by atoms with Gasteiger partial charge in [-0.3, -0.25) is 24.3 Å². The molecule has 0 amide bonds. The molecule has 104 valence electrons. The Morgan fingerprint density at radius 2 is 2.16 bits per heavy atom. The smallest absolute Gasteiger partial charge is 0.326 e. The van der Waals surface area contributed by atoms with E-state index in [1.54, 1.807) is 0 Å². The van der Waals surface area contributed by atoms with E-state index in [1.807, 2.05) is 0 Å². The third kappa shape index (κ3) is 4.18. The summed E-state index contributed by atoms with van der Waals surface area (Å²) < 4.78 is 10.4. The fourth-order valence-corrected chi connectivity index (χ4v) is 1.39. The number of carbonyl (C=O) groups is 1. The van der Waals surface area contributed by atoms with Gasteiger partial charge in [-0.15, -0.1) is 0 Å². The van der Waals surface area contributed by atoms with Gasteiger partial charge in [0.15, 0.2) is 0 Å². The zero-order valence-corrected chi connectivity index (χ0v) is 10.6. The first kappa shape index (κ1) is 14.8. The van der Waals surface area contributed by atoms with Crippen molar-refractivity contribution in [3.63, 3.8) is 0 Å². The van der Waals surface area contributed by atoms with Crippen LogP contribution in [0, 0.1) is 17.0 Å². The Hall–Kier alpha value is -2.22. The molecule has 0 saturated carbocycles. The quantitative estimate of drug-likeness (QED) is 0.318. The summed E-state index contributed by atoms with van der Waals surface area (Å²) in [6.07, 6.45) is 1.04. The van der Waals surface area contributed by atoms with E-state index in [2.05, 4.69) is 0 Å². The van der Waals surface area contributed by atoms with Gasteiger partial charge in [-0.2, -0.15) is 0 Å². The highest BCUT2D eigenvalue weighted by molar-refractivity contribution is 5.69. The van der Waals surface area contributed by atoms with E-state index in [-0.39, 0.29) is 31.0 Å². The zero-order valence-electron chi connectivity index (χ0n) is 10.6. The first-order valence-electron chi connectivity index (χ1n) is 5.45. The molecule has 0 radical (unpaired) electrons. The van der Waals surface area contributed by atoms with Crippen LogP contribution >= 0.6 is 0 Å². The highest BCUT2D eigenvalue weighted by Crippen LogP contribution is 2.13. The van der Waals surface area contributed by atoms with Crippen LogP contribution in [0.5, 0.6) is 0 Å². The monoisotopic (exact) mass is 270 g/mol. The molecule has 1 rings (SSSR count). The molecule has 1 aromatic rings. The van der Waals surface area contributed by atoms with E-state index in [4.69, 9.17) is 9.47 Å². The zero-order chi connectivity index (χ0) is 14.4. The molecule has 0 atom stereocenters. The van der Waals surface area contributed by atoms with Crippen LogP contribution in [-0.4, -0.2) is 35.8 Å². The van der Waals surface area contributed by atoms with Crippen molar-refractivity contribution in [2.45, 2.75) is 13.5 Å². The van der Waals surface area contributed by atoms with E-state index < -0.39 is 16.5 Å². The number of hydrogen-bond acceptors (Lipinski definition) is 6. The molecule has 0 unspecified atom stereocenters. The highest BCUT2D eigenvalue weighted by Gasteiger charge is 2.15. The van der Waals surface area contributed by atoms with E-state index in [9.17, 15) is 19.7 Å². The molecule has 8 heteroatoms. The Morgan fingerprint density at radius 1 is 1.47 bits per heavy atom. The van der Waals surface area contributed by atoms with Crippen LogP contribution in [0.4, 0.5) is 5.69 Å². The summed E-state index contributed by atoms with van der Waals surface area (Å²) in [6, 6.07) is 1.11. The van der Waals surface area contributed by atoms with Crippen LogP contribution in [-0.2, 0) is 20.8 Å². The molecule has 0 aliphatic rings. The number of hydrogen-bond donors (Lipinski definition) is 0. The molecule has 8 nitrogen and oxygen atoms in total. The summed E-state index contributed by atoms with van der Waals surface area (Å²) >= 11 is 0. The highest BCUT2D eigenvalue weighted by atomic mass is 16.6. The van der Waals surface area contributed by atoms with Gasteiger partial charge in [0.25, 0.3) is 11.2 Å². The first-order valence-corrected chi connectivity index (χ1v) is 5.45. The molecule has 0 N–H and O–H groups in total. The lowest BCUT2D eigenvalue weighted by molar-refractivity contribution is -0.385. The Labute approximate surface area is 108 Å². The molecule has 0 bridgehead atoms. The number of rotatable bonds is 6. The van der Waals surface area contributed by atoms with Gasteiger partial charge < -0.3 is 9.47 Å². The number of carbonyl (C=O) groups excluding carboxylic acids is 1. The summed E-state index contributed by atoms with van der Waals surface area (Å²) in [7, 11) is 1.46. The molecule has 0 aliphatic carbocycles. The summed E-state index contributed by atoms with van der Waals surface area (Å²) in [5.41, 5.74) is -0.463. The van der Waals surface area contributed by atoms with Gasteiger partial charge in [0.2, 0.25) is 0 Å². The molecule has 1 aromatic heterocycles. The predicted molar refractivity (Wildman–Crippen MR) is 64.9 cm³/mol. The molecule has 19 heavy (non-hydrogen) atoms. The normalized spacial score (nSPS) is 10.2. The van der Waals surface area contributed by atoms with Crippen molar-refractivity contribution in [2.24, 2.45) is 0 Å². The Bertz CT molecular complexity index is 536. The Balaban J connectivity index is 2.83. The minimum absolute atomic E-state index is 0.0675. The average molecular weight is 270 g/mol. The molecule has 0 fully saturated rings. The van der Waals surface area contributed by atoms with Crippen molar-refractivity contribution in [2.75, 3.05) is 20.3 Å². The predicted octanol–water partition coefficient (Wildman–Crippen LogP) is 0.255. The molecule has 0 aromatic carbocycles. The van der Waals surface area contributed by atoms with Gasteiger partial charge in [-0.05, 0) is 6.92 Å². The molecule has 0 spiro atoms. The number of esters is 1. The van der Waals surface area contributed by atoms with Gasteiger partial charge in [-0.1, -0.05) is 0 Å². The number of pyridine rings is 1. The van der Waals surface area contributed by atoms with Crippen molar-refractivity contribution in [1.82, 2.24) is 4.57 Å². The van der Waals surface area contributed by atoms with Crippen LogP contribution in [0.15, 0.2) is 17.1 Å². The average Bonchev–Trinajstić information content (AvgIpc) is 2.32. The van der Waals surface area contributed by atoms with Crippen molar-refractivity contribution in [1.29, 1.82) is 0 Å². The lowest BCUT2D eigenvalue weighted by Crippen LogP contribution is -2.25. The Morgan fingerprint density at radius 3 is 2.74 bits per heavy atom. The van der Waals surface area contributed by atoms with Crippen molar-refractivity contribution < 1.29 is 19.2 Å². The molecular formula is C11H14N2O6. The van der Waals surface area contributed by atoms with E-state index in [0.717, 1.165) is 16.8 Å². The molecule has 0 aliphatic heterocycles. The van der Waals surface area contributed by atoms with Gasteiger partial charge in [0.05, 0.1) is 17.7 Å². The molecular weight excluding hydrogens is 256 g/mol. The van der Waals surface area contributed by atoms with Crippen LogP contribution in [0.2, 0.25) is 0 Å². The first-order chi connectivity index (χ1) is 8.95. The summed E-state index contributed by atoms with van der Waals surface area (Å²) in [6.45, 7) is 1.40. The number of aromatic nitrogens is 1. The summed E-state index contributed by atoms with van der Waals surface area (Å²) in [5, 5.41) is 10.7. The minimum Gasteiger partial charge on any atom is -0.462 e. The fraction of sp³-hybridized carbons (Fsp3) is 0.455. The number of aryl methyl sites for hydroxylation is 1. The largest absolute Gasteiger partial charge is 0.462 e. The van der Waals surface area contributed by atoms with Crippen molar-refractivity contribution in [3.05, 3.63) is 38.3 Å². The number of nitro groups is 1. The second-order valence-corrected chi connectivity index (χ2v) is 3.78. The summed E-state index contributed by atoms with van der Waals surface area (Å²) in [5.74, 6) is -0.655. The fourth-order valence-electron chi connectivity index (χ4n) is 1.39. The van der Waals surface area contributed by atoms with Crippen LogP contribution in [0.3, 0.4) is 0 Å². The van der Waals surface area contributed by atoms with Gasteiger partial charge in [-0.25, -0.2) is 0 Å². The van der Waals surface area contributed by atoms with Crippen LogP contribution < -0.4 is 5.56 Å². The standard InChI is InChI=1S/C11H14N2O6/c1-8-5-10(14)12(6-9(8)13(16)17)7-11(15)19-4-3-18-2/h5-6H,3-4,7H2,1-2H3. The maximum absolute atomic E-state index is 11.6. The third-order valence-electron chi connectivity index (χ3n) is 2.35. The summed E-state index contributed by atoms with van der Waals surface area (Å²) in [4.78, 5) is 33.1. The molecule has 0 saturated heterocycles. The van der Waals surface area contributed by atoms with Crippen LogP contribution in [0.1, 0.15) is 5.56 Å². The van der Waals surface area contributed by atoms with Crippen LogP contribution in [0.25, 0.3) is 0 Å². The van der Waals surface area contributed by atoms with Crippen molar-refractivity contribution >= 4 is 11.7 Å².